The second-order valence-electron chi connectivity index (χ2n) is 7.36. The summed E-state index contributed by atoms with van der Waals surface area (Å²) < 4.78 is 2.02. The van der Waals surface area contributed by atoms with Crippen molar-refractivity contribution in [3.8, 4) is 16.3 Å². The fourth-order valence-electron chi connectivity index (χ4n) is 3.90. The highest BCUT2D eigenvalue weighted by Crippen LogP contribution is 2.29. The number of piperazine rings is 1. The molecule has 4 nitrogen and oxygen atoms in total. The predicted octanol–water partition coefficient (Wildman–Crippen LogP) is 4.92. The molecule has 0 spiro atoms. The Balaban J connectivity index is 1.35. The van der Waals surface area contributed by atoms with Crippen LogP contribution in [0.1, 0.15) is 5.56 Å². The smallest absolute Gasteiger partial charge is 0.107 e. The average Bonchev–Trinajstić information content (AvgIpc) is 3.46. The number of para-hydroxylation sites is 2. The Hall–Kier alpha value is -2.89. The van der Waals surface area contributed by atoms with Crippen molar-refractivity contribution in [2.75, 3.05) is 31.1 Å². The van der Waals surface area contributed by atoms with Gasteiger partial charge in [-0.1, -0.05) is 42.5 Å². The van der Waals surface area contributed by atoms with Gasteiger partial charge in [-0.25, -0.2) is 4.68 Å². The summed E-state index contributed by atoms with van der Waals surface area (Å²) in [5, 5.41) is 7.07. The van der Waals surface area contributed by atoms with Gasteiger partial charge in [-0.2, -0.15) is 5.10 Å². The van der Waals surface area contributed by atoms with Crippen molar-refractivity contribution in [3.63, 3.8) is 0 Å². The highest BCUT2D eigenvalue weighted by Gasteiger charge is 2.20. The molecule has 0 saturated carbocycles. The van der Waals surface area contributed by atoms with Crippen molar-refractivity contribution in [3.05, 3.63) is 89.9 Å². The fraction of sp³-hybridized carbons (Fsp3) is 0.208. The summed E-state index contributed by atoms with van der Waals surface area (Å²) >= 11 is 1.76. The monoisotopic (exact) mass is 400 g/mol. The molecule has 0 N–H and O–H groups in total. The van der Waals surface area contributed by atoms with E-state index in [-0.39, 0.29) is 0 Å². The molecule has 4 aromatic rings. The van der Waals surface area contributed by atoms with Gasteiger partial charge in [0.2, 0.25) is 0 Å². The van der Waals surface area contributed by atoms with Crippen LogP contribution in [0, 0.1) is 0 Å². The Kier molecular flexibility index (Phi) is 5.15. The lowest BCUT2D eigenvalue weighted by atomic mass is 10.2. The Morgan fingerprint density at radius 1 is 0.759 bits per heavy atom. The van der Waals surface area contributed by atoms with E-state index in [9.17, 15) is 0 Å². The molecule has 1 fully saturated rings. The van der Waals surface area contributed by atoms with Crippen LogP contribution < -0.4 is 4.90 Å². The number of hydrogen-bond donors (Lipinski definition) is 0. The van der Waals surface area contributed by atoms with Crippen LogP contribution in [0.4, 0.5) is 5.69 Å². The maximum Gasteiger partial charge on any atom is 0.107 e. The lowest BCUT2D eigenvalue weighted by Crippen LogP contribution is -2.45. The van der Waals surface area contributed by atoms with Crippen LogP contribution in [-0.4, -0.2) is 40.9 Å². The van der Waals surface area contributed by atoms with Crippen molar-refractivity contribution in [1.82, 2.24) is 14.7 Å². The first-order valence-corrected chi connectivity index (χ1v) is 10.9. The zero-order valence-corrected chi connectivity index (χ0v) is 17.1. The van der Waals surface area contributed by atoms with E-state index in [1.54, 1.807) is 11.3 Å². The molecule has 146 valence electrons. The van der Waals surface area contributed by atoms with Crippen molar-refractivity contribution < 1.29 is 0 Å². The Morgan fingerprint density at radius 3 is 2.10 bits per heavy atom. The van der Waals surface area contributed by atoms with E-state index in [1.807, 2.05) is 10.7 Å². The number of aromatic nitrogens is 2. The number of hydrogen-bond acceptors (Lipinski definition) is 4. The zero-order chi connectivity index (χ0) is 19.5. The number of benzene rings is 2. The molecule has 0 unspecified atom stereocenters. The molecule has 1 aliphatic heterocycles. The molecule has 1 saturated heterocycles. The molecular weight excluding hydrogens is 376 g/mol. The maximum absolute atomic E-state index is 4.94. The van der Waals surface area contributed by atoms with Crippen LogP contribution in [0.5, 0.6) is 0 Å². The highest BCUT2D eigenvalue weighted by atomic mass is 32.1. The van der Waals surface area contributed by atoms with Gasteiger partial charge in [0.1, 0.15) is 5.69 Å². The second kappa shape index (κ2) is 8.23. The van der Waals surface area contributed by atoms with Crippen molar-refractivity contribution in [1.29, 1.82) is 0 Å². The molecule has 5 heteroatoms. The van der Waals surface area contributed by atoms with Crippen LogP contribution in [0.2, 0.25) is 0 Å². The number of nitrogens with zero attached hydrogens (tertiary/aromatic N) is 4. The maximum atomic E-state index is 4.94. The summed E-state index contributed by atoms with van der Waals surface area (Å²) in [6.45, 7) is 5.18. The van der Waals surface area contributed by atoms with Crippen molar-refractivity contribution in [2.24, 2.45) is 0 Å². The van der Waals surface area contributed by atoms with Crippen LogP contribution in [0.15, 0.2) is 84.4 Å². The van der Waals surface area contributed by atoms with Gasteiger partial charge in [0.25, 0.3) is 0 Å². The molecule has 0 aliphatic carbocycles. The first-order valence-electron chi connectivity index (χ1n) is 10.1. The first kappa shape index (κ1) is 18.2. The van der Waals surface area contributed by atoms with E-state index in [4.69, 9.17) is 5.10 Å². The van der Waals surface area contributed by atoms with Gasteiger partial charge in [-0.15, -0.1) is 11.3 Å². The standard InChI is InChI=1S/C24H24N4S/c1-3-8-21(9-4-1)27-15-13-26(14-16-27)18-20-19-28(22-10-5-2-6-11-22)25-24(20)23-12-7-17-29-23/h1-12,17,19H,13-16,18H2. The third-order valence-electron chi connectivity index (χ3n) is 5.45. The summed E-state index contributed by atoms with van der Waals surface area (Å²) in [5.41, 5.74) is 4.83. The van der Waals surface area contributed by atoms with Gasteiger partial charge in [-0.05, 0) is 35.7 Å². The molecule has 5 rings (SSSR count). The minimum atomic E-state index is 0.933. The first-order chi connectivity index (χ1) is 14.4. The topological polar surface area (TPSA) is 24.3 Å². The van der Waals surface area contributed by atoms with E-state index < -0.39 is 0 Å². The number of thiophene rings is 1. The van der Waals surface area contributed by atoms with Crippen LogP contribution in [-0.2, 0) is 6.54 Å². The number of rotatable bonds is 5. The van der Waals surface area contributed by atoms with Crippen LogP contribution in [0.25, 0.3) is 16.3 Å². The van der Waals surface area contributed by atoms with E-state index in [0.29, 0.717) is 0 Å². The summed E-state index contributed by atoms with van der Waals surface area (Å²) in [4.78, 5) is 6.25. The molecule has 0 amide bonds. The largest absolute Gasteiger partial charge is 0.369 e. The molecule has 0 atom stereocenters. The highest BCUT2D eigenvalue weighted by molar-refractivity contribution is 7.13. The lowest BCUT2D eigenvalue weighted by Gasteiger charge is -2.36. The van der Waals surface area contributed by atoms with Gasteiger partial charge < -0.3 is 4.90 Å². The van der Waals surface area contributed by atoms with Crippen molar-refractivity contribution >= 4 is 17.0 Å². The Labute approximate surface area is 175 Å². The molecule has 3 heterocycles. The molecule has 29 heavy (non-hydrogen) atoms. The van der Waals surface area contributed by atoms with Gasteiger partial charge in [0, 0.05) is 50.2 Å². The van der Waals surface area contributed by atoms with E-state index in [2.05, 4.69) is 88.1 Å². The molecule has 2 aromatic heterocycles. The van der Waals surface area contributed by atoms with Crippen LogP contribution >= 0.6 is 11.3 Å². The third-order valence-corrected chi connectivity index (χ3v) is 6.33. The fourth-order valence-corrected chi connectivity index (χ4v) is 4.65. The van der Waals surface area contributed by atoms with E-state index in [1.165, 1.54) is 16.1 Å². The van der Waals surface area contributed by atoms with Gasteiger partial charge in [0.05, 0.1) is 10.6 Å². The minimum Gasteiger partial charge on any atom is -0.369 e. The SMILES string of the molecule is c1ccc(N2CCN(Cc3cn(-c4ccccc4)nc3-c3cccs3)CC2)cc1. The van der Waals surface area contributed by atoms with Crippen LogP contribution in [0.3, 0.4) is 0 Å². The van der Waals surface area contributed by atoms with E-state index in [0.717, 1.165) is 44.1 Å². The molecule has 0 bridgehead atoms. The second-order valence-corrected chi connectivity index (χ2v) is 8.31. The summed E-state index contributed by atoms with van der Waals surface area (Å²) in [7, 11) is 0. The van der Waals surface area contributed by atoms with Gasteiger partial charge in [-0.3, -0.25) is 4.90 Å². The minimum absolute atomic E-state index is 0.933. The van der Waals surface area contributed by atoms with Gasteiger partial charge in [0.15, 0.2) is 0 Å². The van der Waals surface area contributed by atoms with Gasteiger partial charge >= 0.3 is 0 Å². The third kappa shape index (κ3) is 3.97. The molecular formula is C24H24N4S. The summed E-state index contributed by atoms with van der Waals surface area (Å²) in [5.74, 6) is 0. The lowest BCUT2D eigenvalue weighted by molar-refractivity contribution is 0.250. The normalized spacial score (nSPS) is 15.0. The van der Waals surface area contributed by atoms with Crippen molar-refractivity contribution in [2.45, 2.75) is 6.54 Å². The quantitative estimate of drug-likeness (QED) is 0.475. The van der Waals surface area contributed by atoms with E-state index >= 15 is 0 Å². The molecule has 0 radical (unpaired) electrons. The Morgan fingerprint density at radius 2 is 1.45 bits per heavy atom. The zero-order valence-electron chi connectivity index (χ0n) is 16.3. The molecule has 1 aliphatic rings. The molecule has 2 aromatic carbocycles. The number of anilines is 1. The average molecular weight is 401 g/mol. The Bertz CT molecular complexity index is 1030. The summed E-state index contributed by atoms with van der Waals surface area (Å²) in [6.07, 6.45) is 2.20. The predicted molar refractivity (Wildman–Crippen MR) is 121 cm³/mol. The summed E-state index contributed by atoms with van der Waals surface area (Å²) in [6, 6.07) is 25.4.